The summed E-state index contributed by atoms with van der Waals surface area (Å²) in [7, 11) is 0. The van der Waals surface area contributed by atoms with E-state index in [4.69, 9.17) is 0 Å². The summed E-state index contributed by atoms with van der Waals surface area (Å²) < 4.78 is 0. The van der Waals surface area contributed by atoms with Gasteiger partial charge in [0.1, 0.15) is 0 Å². The van der Waals surface area contributed by atoms with Crippen LogP contribution in [-0.2, 0) is 0 Å². The molecule has 0 amide bonds. The number of nitrogens with zero attached hydrogens (tertiary/aromatic N) is 2. The predicted molar refractivity (Wildman–Crippen MR) is 75.4 cm³/mol. The maximum absolute atomic E-state index is 4.46. The number of piperazine rings is 1. The van der Waals surface area contributed by atoms with Gasteiger partial charge in [-0.2, -0.15) is 12.6 Å². The average Bonchev–Trinajstić information content (AvgIpc) is 2.31. The molecule has 2 nitrogen and oxygen atoms in total. The Bertz CT molecular complexity index is 167. The van der Waals surface area contributed by atoms with E-state index in [1.54, 1.807) is 0 Å². The third kappa shape index (κ3) is 5.07. The Morgan fingerprint density at radius 1 is 1.00 bits per heavy atom. The minimum atomic E-state index is 0.797. The number of hydrogen-bond donors (Lipinski definition) is 1. The van der Waals surface area contributed by atoms with E-state index in [-0.39, 0.29) is 0 Å². The highest BCUT2D eigenvalue weighted by Gasteiger charge is 2.18. The summed E-state index contributed by atoms with van der Waals surface area (Å²) in [6.45, 7) is 12.1. The molecular weight excluding hydrogens is 216 g/mol. The van der Waals surface area contributed by atoms with Crippen molar-refractivity contribution in [3.63, 3.8) is 0 Å². The van der Waals surface area contributed by atoms with E-state index in [0.717, 1.165) is 11.7 Å². The Morgan fingerprint density at radius 3 is 2.12 bits per heavy atom. The van der Waals surface area contributed by atoms with Gasteiger partial charge in [0.15, 0.2) is 0 Å². The largest absolute Gasteiger partial charge is 0.301 e. The molecule has 3 heteroatoms. The van der Waals surface area contributed by atoms with E-state index in [9.17, 15) is 0 Å². The van der Waals surface area contributed by atoms with Crippen LogP contribution in [0.25, 0.3) is 0 Å². The molecule has 0 aromatic rings. The highest BCUT2D eigenvalue weighted by atomic mass is 32.1. The molecule has 1 aliphatic heterocycles. The van der Waals surface area contributed by atoms with Crippen LogP contribution in [0.4, 0.5) is 0 Å². The first-order valence-electron chi connectivity index (χ1n) is 6.85. The van der Waals surface area contributed by atoms with Crippen LogP contribution in [-0.4, -0.2) is 54.8 Å². The van der Waals surface area contributed by atoms with Gasteiger partial charge >= 0.3 is 0 Å². The summed E-state index contributed by atoms with van der Waals surface area (Å²) in [5, 5.41) is 0. The topological polar surface area (TPSA) is 6.48 Å². The van der Waals surface area contributed by atoms with E-state index in [1.807, 2.05) is 0 Å². The van der Waals surface area contributed by atoms with Gasteiger partial charge in [0.05, 0.1) is 0 Å². The molecule has 0 aliphatic carbocycles. The molecule has 0 spiro atoms. The van der Waals surface area contributed by atoms with Crippen LogP contribution in [0.1, 0.15) is 33.1 Å². The molecule has 0 aromatic carbocycles. The Morgan fingerprint density at radius 2 is 1.62 bits per heavy atom. The van der Waals surface area contributed by atoms with Crippen molar-refractivity contribution in [3.8, 4) is 0 Å². The van der Waals surface area contributed by atoms with Gasteiger partial charge < -0.3 is 9.80 Å². The van der Waals surface area contributed by atoms with E-state index >= 15 is 0 Å². The summed E-state index contributed by atoms with van der Waals surface area (Å²) >= 11 is 4.46. The quantitative estimate of drug-likeness (QED) is 0.687. The van der Waals surface area contributed by atoms with Crippen LogP contribution in [0.15, 0.2) is 0 Å². The van der Waals surface area contributed by atoms with E-state index in [2.05, 4.69) is 36.3 Å². The lowest BCUT2D eigenvalue weighted by molar-refractivity contribution is 0.119. The molecule has 1 heterocycles. The number of hydrogen-bond acceptors (Lipinski definition) is 3. The molecule has 1 aliphatic rings. The zero-order chi connectivity index (χ0) is 11.8. The molecule has 1 unspecified atom stereocenters. The second-order valence-corrected chi connectivity index (χ2v) is 5.34. The van der Waals surface area contributed by atoms with Gasteiger partial charge in [-0.1, -0.05) is 20.3 Å². The summed E-state index contributed by atoms with van der Waals surface area (Å²) in [4.78, 5) is 5.22. The van der Waals surface area contributed by atoms with Crippen LogP contribution < -0.4 is 0 Å². The molecule has 0 bridgehead atoms. The van der Waals surface area contributed by atoms with E-state index in [1.165, 1.54) is 58.5 Å². The zero-order valence-corrected chi connectivity index (χ0v) is 11.9. The maximum Gasteiger partial charge on any atom is 0.0110 e. The van der Waals surface area contributed by atoms with Crippen molar-refractivity contribution < 1.29 is 0 Å². The molecule has 16 heavy (non-hydrogen) atoms. The lowest BCUT2D eigenvalue weighted by Crippen LogP contribution is -2.48. The van der Waals surface area contributed by atoms with Gasteiger partial charge in [-0.15, -0.1) is 0 Å². The fourth-order valence-electron chi connectivity index (χ4n) is 2.53. The molecule has 96 valence electrons. The molecule has 1 saturated heterocycles. The Labute approximate surface area is 107 Å². The summed E-state index contributed by atoms with van der Waals surface area (Å²) in [6.07, 6.45) is 3.91. The fourth-order valence-corrected chi connectivity index (χ4v) is 2.82. The van der Waals surface area contributed by atoms with Gasteiger partial charge in [0, 0.05) is 32.7 Å². The highest BCUT2D eigenvalue weighted by Crippen LogP contribution is 2.12. The normalized spacial score (nSPS) is 21.2. The molecule has 0 radical (unpaired) electrons. The van der Waals surface area contributed by atoms with Crippen molar-refractivity contribution in [1.82, 2.24) is 9.80 Å². The first-order valence-corrected chi connectivity index (χ1v) is 7.49. The third-order valence-electron chi connectivity index (χ3n) is 3.48. The van der Waals surface area contributed by atoms with Crippen LogP contribution in [0, 0.1) is 5.92 Å². The number of thiol groups is 1. The van der Waals surface area contributed by atoms with E-state index in [0.29, 0.717) is 0 Å². The smallest absolute Gasteiger partial charge is 0.0110 e. The summed E-state index contributed by atoms with van der Waals surface area (Å²) in [6, 6.07) is 0. The first kappa shape index (κ1) is 14.3. The minimum Gasteiger partial charge on any atom is -0.301 e. The standard InChI is InChI=1S/C13H28N2S/c1-3-5-13(12-16)11-15-9-7-14(6-4-2)8-10-15/h13,16H,3-12H2,1-2H3. The highest BCUT2D eigenvalue weighted by molar-refractivity contribution is 7.80. The van der Waals surface area contributed by atoms with Crippen molar-refractivity contribution in [2.24, 2.45) is 5.92 Å². The predicted octanol–water partition coefficient (Wildman–Crippen LogP) is 2.36. The maximum atomic E-state index is 4.46. The second-order valence-electron chi connectivity index (χ2n) is 4.98. The van der Waals surface area contributed by atoms with Gasteiger partial charge in [0.25, 0.3) is 0 Å². The van der Waals surface area contributed by atoms with Crippen molar-refractivity contribution >= 4 is 12.6 Å². The van der Waals surface area contributed by atoms with Crippen molar-refractivity contribution in [2.75, 3.05) is 45.0 Å². The van der Waals surface area contributed by atoms with Gasteiger partial charge in [0.2, 0.25) is 0 Å². The molecular formula is C13H28N2S. The molecule has 1 rings (SSSR count). The van der Waals surface area contributed by atoms with Gasteiger partial charge in [-0.3, -0.25) is 0 Å². The fraction of sp³-hybridized carbons (Fsp3) is 1.00. The first-order chi connectivity index (χ1) is 7.80. The van der Waals surface area contributed by atoms with Gasteiger partial charge in [-0.05, 0) is 31.1 Å². The van der Waals surface area contributed by atoms with Crippen molar-refractivity contribution in [1.29, 1.82) is 0 Å². The van der Waals surface area contributed by atoms with Crippen LogP contribution in [0.5, 0.6) is 0 Å². The molecule has 0 aromatic heterocycles. The summed E-state index contributed by atoms with van der Waals surface area (Å²) in [5.74, 6) is 1.84. The monoisotopic (exact) mass is 244 g/mol. The summed E-state index contributed by atoms with van der Waals surface area (Å²) in [5.41, 5.74) is 0. The third-order valence-corrected chi connectivity index (χ3v) is 3.99. The molecule has 0 saturated carbocycles. The van der Waals surface area contributed by atoms with Crippen LogP contribution >= 0.6 is 12.6 Å². The lowest BCUT2D eigenvalue weighted by Gasteiger charge is -2.36. The molecule has 0 N–H and O–H groups in total. The Balaban J connectivity index is 2.20. The Kier molecular flexibility index (Phi) is 7.50. The van der Waals surface area contributed by atoms with Crippen LogP contribution in [0.2, 0.25) is 0 Å². The second kappa shape index (κ2) is 8.37. The number of rotatable bonds is 7. The van der Waals surface area contributed by atoms with E-state index < -0.39 is 0 Å². The van der Waals surface area contributed by atoms with Crippen LogP contribution in [0.3, 0.4) is 0 Å². The molecule has 1 atom stereocenters. The Hall–Kier alpha value is 0.270. The van der Waals surface area contributed by atoms with Crippen molar-refractivity contribution in [2.45, 2.75) is 33.1 Å². The average molecular weight is 244 g/mol. The van der Waals surface area contributed by atoms with Gasteiger partial charge in [-0.25, -0.2) is 0 Å². The van der Waals surface area contributed by atoms with Crippen molar-refractivity contribution in [3.05, 3.63) is 0 Å². The molecule has 1 fully saturated rings. The SMILES string of the molecule is CCCC(CS)CN1CCN(CCC)CC1. The zero-order valence-electron chi connectivity index (χ0n) is 11.0. The minimum absolute atomic E-state index is 0.797. The lowest BCUT2D eigenvalue weighted by atomic mass is 10.1.